The number of aliphatic imine (C=N–C) groups is 1. The fourth-order valence-electron chi connectivity index (χ4n) is 1.79. The second-order valence-electron chi connectivity index (χ2n) is 4.39. The van der Waals surface area contributed by atoms with E-state index < -0.39 is 0 Å². The van der Waals surface area contributed by atoms with E-state index in [1.807, 2.05) is 55.6 Å². The standard InChI is InChI=1S/C16H18N2O2S/c1-3-20-16(18-15(19)14-10-7-11-21-14)17-12(2)13-8-5-4-6-9-13/h4-12H,3H2,1-2H3,(H,17,18,19)/t12-/m1/s1. The van der Waals surface area contributed by atoms with Gasteiger partial charge in [0.1, 0.15) is 0 Å². The number of nitrogens with one attached hydrogen (secondary N) is 1. The fourth-order valence-corrected chi connectivity index (χ4v) is 2.41. The van der Waals surface area contributed by atoms with Gasteiger partial charge in [0.15, 0.2) is 0 Å². The zero-order valence-corrected chi connectivity index (χ0v) is 12.9. The first kappa shape index (κ1) is 15.3. The van der Waals surface area contributed by atoms with Crippen LogP contribution in [0, 0.1) is 0 Å². The van der Waals surface area contributed by atoms with Crippen LogP contribution in [0.4, 0.5) is 0 Å². The lowest BCUT2D eigenvalue weighted by molar-refractivity contribution is 0.0970. The van der Waals surface area contributed by atoms with E-state index in [9.17, 15) is 4.79 Å². The molecule has 2 rings (SSSR count). The van der Waals surface area contributed by atoms with Gasteiger partial charge in [0, 0.05) is 0 Å². The molecule has 0 spiro atoms. The molecule has 0 unspecified atom stereocenters. The maximum atomic E-state index is 12.0. The first-order chi connectivity index (χ1) is 10.2. The van der Waals surface area contributed by atoms with Gasteiger partial charge in [0.25, 0.3) is 11.9 Å². The Kier molecular flexibility index (Phi) is 5.51. The van der Waals surface area contributed by atoms with Gasteiger partial charge in [0.2, 0.25) is 0 Å². The Morgan fingerprint density at radius 3 is 2.67 bits per heavy atom. The van der Waals surface area contributed by atoms with Crippen molar-refractivity contribution in [3.63, 3.8) is 0 Å². The number of carbonyl (C=O) groups excluding carboxylic acids is 1. The SMILES string of the molecule is CCOC(=N[C@H](C)c1ccccc1)NC(=O)c1cccs1. The molecule has 5 heteroatoms. The summed E-state index contributed by atoms with van der Waals surface area (Å²) < 4.78 is 5.43. The van der Waals surface area contributed by atoms with Gasteiger partial charge in [-0.3, -0.25) is 10.1 Å². The Balaban J connectivity index is 2.11. The summed E-state index contributed by atoms with van der Waals surface area (Å²) in [7, 11) is 0. The third-order valence-electron chi connectivity index (χ3n) is 2.84. The summed E-state index contributed by atoms with van der Waals surface area (Å²) in [5, 5.41) is 4.58. The van der Waals surface area contributed by atoms with Crippen LogP contribution >= 0.6 is 11.3 Å². The molecule has 1 aromatic carbocycles. The highest BCUT2D eigenvalue weighted by molar-refractivity contribution is 7.12. The third-order valence-corrected chi connectivity index (χ3v) is 3.71. The van der Waals surface area contributed by atoms with Gasteiger partial charge in [-0.15, -0.1) is 11.3 Å². The maximum absolute atomic E-state index is 12.0. The number of amides is 1. The minimum atomic E-state index is -0.197. The minimum Gasteiger partial charge on any atom is -0.465 e. The van der Waals surface area contributed by atoms with Crippen LogP contribution in [0.3, 0.4) is 0 Å². The van der Waals surface area contributed by atoms with E-state index in [4.69, 9.17) is 4.74 Å². The van der Waals surface area contributed by atoms with Gasteiger partial charge in [-0.2, -0.15) is 0 Å². The topological polar surface area (TPSA) is 50.7 Å². The average molecular weight is 302 g/mol. The molecule has 110 valence electrons. The number of amidine groups is 1. The molecular weight excluding hydrogens is 284 g/mol. The molecule has 0 fully saturated rings. The van der Waals surface area contributed by atoms with Gasteiger partial charge in [0.05, 0.1) is 17.5 Å². The van der Waals surface area contributed by atoms with Gasteiger partial charge < -0.3 is 4.74 Å². The molecule has 21 heavy (non-hydrogen) atoms. The van der Waals surface area contributed by atoms with E-state index in [1.54, 1.807) is 6.07 Å². The molecule has 0 saturated heterocycles. The number of nitrogens with zero attached hydrogens (tertiary/aromatic N) is 1. The number of carbonyl (C=O) groups is 1. The second kappa shape index (κ2) is 7.59. The smallest absolute Gasteiger partial charge is 0.292 e. The summed E-state index contributed by atoms with van der Waals surface area (Å²) >= 11 is 1.38. The molecule has 1 atom stereocenters. The normalized spacial score (nSPS) is 12.8. The molecule has 0 aliphatic carbocycles. The Labute approximate surface area is 128 Å². The third kappa shape index (κ3) is 4.43. The van der Waals surface area contributed by atoms with Crippen molar-refractivity contribution >= 4 is 23.3 Å². The first-order valence-corrected chi connectivity index (χ1v) is 7.69. The number of thiophene rings is 1. The maximum Gasteiger partial charge on any atom is 0.292 e. The van der Waals surface area contributed by atoms with E-state index in [1.165, 1.54) is 11.3 Å². The lowest BCUT2D eigenvalue weighted by Gasteiger charge is -2.12. The largest absolute Gasteiger partial charge is 0.465 e. The Morgan fingerprint density at radius 2 is 2.05 bits per heavy atom. The van der Waals surface area contributed by atoms with E-state index in [-0.39, 0.29) is 18.0 Å². The molecular formula is C16H18N2O2S. The zero-order valence-electron chi connectivity index (χ0n) is 12.1. The number of hydrogen-bond acceptors (Lipinski definition) is 4. The van der Waals surface area contributed by atoms with Crippen molar-refractivity contribution in [2.75, 3.05) is 6.61 Å². The quantitative estimate of drug-likeness (QED) is 0.692. The number of benzene rings is 1. The van der Waals surface area contributed by atoms with Crippen LogP contribution in [0.2, 0.25) is 0 Å². The predicted octanol–water partition coefficient (Wildman–Crippen LogP) is 3.63. The molecule has 0 saturated carbocycles. The van der Waals surface area contributed by atoms with Crippen molar-refractivity contribution in [2.24, 2.45) is 4.99 Å². The predicted molar refractivity (Wildman–Crippen MR) is 85.7 cm³/mol. The molecule has 4 nitrogen and oxygen atoms in total. The van der Waals surface area contributed by atoms with Gasteiger partial charge in [-0.25, -0.2) is 4.99 Å². The Hall–Kier alpha value is -2.14. The summed E-state index contributed by atoms with van der Waals surface area (Å²) in [6, 6.07) is 13.7. The minimum absolute atomic E-state index is 0.0867. The summed E-state index contributed by atoms with van der Waals surface area (Å²) in [6.45, 7) is 4.27. The Bertz CT molecular complexity index is 594. The fraction of sp³-hybridized carbons (Fsp3) is 0.250. The van der Waals surface area contributed by atoms with Crippen molar-refractivity contribution in [1.82, 2.24) is 5.32 Å². The number of rotatable bonds is 4. The van der Waals surface area contributed by atoms with Crippen LogP contribution in [-0.2, 0) is 4.74 Å². The highest BCUT2D eigenvalue weighted by Gasteiger charge is 2.12. The van der Waals surface area contributed by atoms with Crippen molar-refractivity contribution in [3.05, 3.63) is 58.3 Å². The highest BCUT2D eigenvalue weighted by Crippen LogP contribution is 2.16. The van der Waals surface area contributed by atoms with Gasteiger partial charge in [-0.05, 0) is 30.9 Å². The lowest BCUT2D eigenvalue weighted by Crippen LogP contribution is -2.32. The zero-order chi connectivity index (χ0) is 15.1. The van der Waals surface area contributed by atoms with Gasteiger partial charge >= 0.3 is 0 Å². The molecule has 1 aromatic heterocycles. The Morgan fingerprint density at radius 1 is 1.29 bits per heavy atom. The molecule has 0 aliphatic heterocycles. The molecule has 1 amide bonds. The summed E-state index contributed by atoms with van der Waals surface area (Å²) in [4.78, 5) is 17.1. The summed E-state index contributed by atoms with van der Waals surface area (Å²) in [6.07, 6.45) is 0. The highest BCUT2D eigenvalue weighted by atomic mass is 32.1. The number of hydrogen-bond donors (Lipinski definition) is 1. The molecule has 0 radical (unpaired) electrons. The summed E-state index contributed by atoms with van der Waals surface area (Å²) in [5.41, 5.74) is 1.07. The van der Waals surface area contributed by atoms with Crippen LogP contribution in [0.1, 0.15) is 35.1 Å². The van der Waals surface area contributed by atoms with Crippen molar-refractivity contribution in [3.8, 4) is 0 Å². The number of ether oxygens (including phenoxy) is 1. The van der Waals surface area contributed by atoms with Crippen LogP contribution in [-0.4, -0.2) is 18.5 Å². The van der Waals surface area contributed by atoms with Gasteiger partial charge in [-0.1, -0.05) is 36.4 Å². The molecule has 2 aromatic rings. The molecule has 0 aliphatic rings. The van der Waals surface area contributed by atoms with Crippen LogP contribution < -0.4 is 5.32 Å². The van der Waals surface area contributed by atoms with Crippen LogP contribution in [0.15, 0.2) is 52.8 Å². The van der Waals surface area contributed by atoms with E-state index in [2.05, 4.69) is 10.3 Å². The van der Waals surface area contributed by atoms with Crippen LogP contribution in [0.25, 0.3) is 0 Å². The summed E-state index contributed by atoms with van der Waals surface area (Å²) in [5.74, 6) is -0.197. The average Bonchev–Trinajstić information content (AvgIpc) is 3.02. The van der Waals surface area contributed by atoms with E-state index in [0.29, 0.717) is 11.5 Å². The first-order valence-electron chi connectivity index (χ1n) is 6.81. The molecule has 1 heterocycles. The van der Waals surface area contributed by atoms with Crippen molar-refractivity contribution in [2.45, 2.75) is 19.9 Å². The second-order valence-corrected chi connectivity index (χ2v) is 5.33. The van der Waals surface area contributed by atoms with Crippen molar-refractivity contribution < 1.29 is 9.53 Å². The van der Waals surface area contributed by atoms with Crippen molar-refractivity contribution in [1.29, 1.82) is 0 Å². The lowest BCUT2D eigenvalue weighted by atomic mass is 10.1. The molecule has 1 N–H and O–H groups in total. The van der Waals surface area contributed by atoms with E-state index >= 15 is 0 Å². The van der Waals surface area contributed by atoms with E-state index in [0.717, 1.165) is 5.56 Å². The monoisotopic (exact) mass is 302 g/mol. The van der Waals surface area contributed by atoms with Crippen LogP contribution in [0.5, 0.6) is 0 Å². The molecule has 0 bridgehead atoms.